The van der Waals surface area contributed by atoms with E-state index in [2.05, 4.69) is 4.98 Å². The van der Waals surface area contributed by atoms with Crippen LogP contribution in [0.2, 0.25) is 0 Å². The first-order chi connectivity index (χ1) is 10.1. The highest BCUT2D eigenvalue weighted by Gasteiger charge is 2.31. The van der Waals surface area contributed by atoms with Gasteiger partial charge in [0.25, 0.3) is 5.56 Å². The molecule has 6 heteroatoms. The number of benzene rings is 1. The lowest BCUT2D eigenvalue weighted by atomic mass is 10.3. The van der Waals surface area contributed by atoms with Gasteiger partial charge in [-0.15, -0.1) is 11.8 Å². The highest BCUT2D eigenvalue weighted by molar-refractivity contribution is 8.00. The third-order valence-electron chi connectivity index (χ3n) is 3.46. The molecule has 3 rings (SSSR count). The molecule has 0 bridgehead atoms. The van der Waals surface area contributed by atoms with Gasteiger partial charge in [0, 0.05) is 16.7 Å². The summed E-state index contributed by atoms with van der Waals surface area (Å²) in [5, 5.41) is 0.149. The van der Waals surface area contributed by atoms with Crippen molar-refractivity contribution in [2.24, 2.45) is 0 Å². The van der Waals surface area contributed by atoms with Crippen molar-refractivity contribution in [2.45, 2.75) is 29.7 Å². The van der Waals surface area contributed by atoms with Gasteiger partial charge in [-0.2, -0.15) is 0 Å². The number of nitrogens with zero attached hydrogens (tertiary/aromatic N) is 1. The summed E-state index contributed by atoms with van der Waals surface area (Å²) in [6.45, 7) is 2.29. The molecule has 1 aromatic heterocycles. The summed E-state index contributed by atoms with van der Waals surface area (Å²) in [6, 6.07) is 10.0. The Morgan fingerprint density at radius 1 is 1.29 bits per heavy atom. The zero-order valence-electron chi connectivity index (χ0n) is 11.6. The maximum absolute atomic E-state index is 12.0. The number of aromatic amines is 1. The number of H-pyrrole nitrogens is 1. The van der Waals surface area contributed by atoms with Gasteiger partial charge < -0.3 is 4.74 Å². The van der Waals surface area contributed by atoms with Gasteiger partial charge in [-0.3, -0.25) is 14.3 Å². The van der Waals surface area contributed by atoms with Crippen LogP contribution in [0, 0.1) is 6.92 Å². The van der Waals surface area contributed by atoms with E-state index < -0.39 is 5.69 Å². The number of aryl methyl sites for hydroxylation is 1. The molecule has 2 atom stereocenters. The number of rotatable bonds is 3. The number of aromatic nitrogens is 2. The van der Waals surface area contributed by atoms with E-state index in [4.69, 9.17) is 4.74 Å². The first kappa shape index (κ1) is 14.2. The molecule has 5 nitrogen and oxygen atoms in total. The summed E-state index contributed by atoms with van der Waals surface area (Å²) >= 11 is 1.70. The first-order valence-electron chi connectivity index (χ1n) is 6.80. The molecular formula is C15H16N2O3S. The van der Waals surface area contributed by atoms with Gasteiger partial charge >= 0.3 is 5.69 Å². The Bertz CT molecular complexity index is 739. The molecule has 2 heterocycles. The van der Waals surface area contributed by atoms with E-state index in [9.17, 15) is 9.59 Å². The number of nitrogens with one attached hydrogen (secondary N) is 1. The Morgan fingerprint density at radius 2 is 2.05 bits per heavy atom. The molecule has 21 heavy (non-hydrogen) atoms. The molecule has 2 aromatic rings. The van der Waals surface area contributed by atoms with E-state index in [1.165, 1.54) is 4.57 Å². The summed E-state index contributed by atoms with van der Waals surface area (Å²) in [5.41, 5.74) is -0.258. The van der Waals surface area contributed by atoms with Gasteiger partial charge in [0.1, 0.15) is 6.23 Å². The van der Waals surface area contributed by atoms with E-state index in [1.54, 1.807) is 24.9 Å². The molecule has 1 fully saturated rings. The molecule has 2 unspecified atom stereocenters. The average molecular weight is 304 g/mol. The zero-order chi connectivity index (χ0) is 14.8. The summed E-state index contributed by atoms with van der Waals surface area (Å²) in [6.07, 6.45) is 2.10. The molecule has 0 spiro atoms. The molecule has 1 N–H and O–H groups in total. The predicted molar refractivity (Wildman–Crippen MR) is 81.8 cm³/mol. The second kappa shape index (κ2) is 5.91. The Hall–Kier alpha value is -1.79. The molecule has 1 aliphatic heterocycles. The van der Waals surface area contributed by atoms with Gasteiger partial charge in [-0.05, 0) is 25.5 Å². The van der Waals surface area contributed by atoms with Gasteiger partial charge in [0.05, 0.1) is 11.9 Å². The lowest BCUT2D eigenvalue weighted by Gasteiger charge is -2.20. The van der Waals surface area contributed by atoms with Crippen molar-refractivity contribution < 1.29 is 4.74 Å². The van der Waals surface area contributed by atoms with Crippen molar-refractivity contribution >= 4 is 11.8 Å². The number of ether oxygens (including phenoxy) is 1. The van der Waals surface area contributed by atoms with Crippen molar-refractivity contribution in [3.8, 4) is 0 Å². The molecule has 1 aromatic carbocycles. The number of hydrogen-bond donors (Lipinski definition) is 1. The normalized spacial score (nSPS) is 21.6. The van der Waals surface area contributed by atoms with Gasteiger partial charge in [-0.1, -0.05) is 18.2 Å². The van der Waals surface area contributed by atoms with Gasteiger partial charge in [-0.25, -0.2) is 4.79 Å². The highest BCUT2D eigenvalue weighted by Crippen LogP contribution is 2.37. The third kappa shape index (κ3) is 2.96. The van der Waals surface area contributed by atoms with Crippen LogP contribution in [0.25, 0.3) is 0 Å². The molecular weight excluding hydrogens is 288 g/mol. The number of thioether (sulfide) groups is 1. The Morgan fingerprint density at radius 3 is 2.81 bits per heavy atom. The second-order valence-corrected chi connectivity index (χ2v) is 6.31. The summed E-state index contributed by atoms with van der Waals surface area (Å²) < 4.78 is 7.21. The fraction of sp³-hybridized carbons (Fsp3) is 0.333. The molecule has 1 aliphatic rings. The van der Waals surface area contributed by atoms with Crippen LogP contribution >= 0.6 is 11.8 Å². The standard InChI is InChI=1S/C15H16N2O3S/c1-10-9-17(15(19)16-13(10)18)14-12(7-8-20-14)21-11-5-3-2-4-6-11/h2-6,9,12,14H,7-8H2,1H3,(H,16,18,19). The minimum absolute atomic E-state index is 0.149. The van der Waals surface area contributed by atoms with Crippen molar-refractivity contribution in [3.63, 3.8) is 0 Å². The third-order valence-corrected chi connectivity index (χ3v) is 4.78. The van der Waals surface area contributed by atoms with E-state index in [-0.39, 0.29) is 17.0 Å². The molecule has 0 aliphatic carbocycles. The first-order valence-corrected chi connectivity index (χ1v) is 7.68. The van der Waals surface area contributed by atoms with Crippen molar-refractivity contribution in [1.29, 1.82) is 0 Å². The Kier molecular flexibility index (Phi) is 3.98. The van der Waals surface area contributed by atoms with E-state index in [0.717, 1.165) is 11.3 Å². The topological polar surface area (TPSA) is 64.1 Å². The summed E-state index contributed by atoms with van der Waals surface area (Å²) in [5.74, 6) is 0. The minimum Gasteiger partial charge on any atom is -0.357 e. The van der Waals surface area contributed by atoms with Crippen LogP contribution in [0.1, 0.15) is 18.2 Å². The smallest absolute Gasteiger partial charge is 0.330 e. The van der Waals surface area contributed by atoms with Crippen LogP contribution < -0.4 is 11.2 Å². The maximum Gasteiger partial charge on any atom is 0.330 e. The van der Waals surface area contributed by atoms with Gasteiger partial charge in [0.15, 0.2) is 0 Å². The van der Waals surface area contributed by atoms with Crippen LogP contribution in [0.15, 0.2) is 51.0 Å². The van der Waals surface area contributed by atoms with Crippen LogP contribution in [-0.2, 0) is 4.74 Å². The molecule has 0 saturated carbocycles. The van der Waals surface area contributed by atoms with Crippen molar-refractivity contribution in [3.05, 3.63) is 62.9 Å². The Balaban J connectivity index is 1.89. The largest absolute Gasteiger partial charge is 0.357 e. The van der Waals surface area contributed by atoms with E-state index >= 15 is 0 Å². The predicted octanol–water partition coefficient (Wildman–Crippen LogP) is 1.92. The second-order valence-electron chi connectivity index (χ2n) is 5.00. The van der Waals surface area contributed by atoms with Crippen LogP contribution in [0.4, 0.5) is 0 Å². The quantitative estimate of drug-likeness (QED) is 0.941. The van der Waals surface area contributed by atoms with E-state index in [0.29, 0.717) is 12.2 Å². The molecule has 0 amide bonds. The lowest BCUT2D eigenvalue weighted by Crippen LogP contribution is -2.35. The fourth-order valence-electron chi connectivity index (χ4n) is 2.38. The zero-order valence-corrected chi connectivity index (χ0v) is 12.4. The Labute approximate surface area is 126 Å². The number of hydrogen-bond acceptors (Lipinski definition) is 4. The summed E-state index contributed by atoms with van der Waals surface area (Å²) in [4.78, 5) is 26.9. The monoisotopic (exact) mass is 304 g/mol. The average Bonchev–Trinajstić information content (AvgIpc) is 2.92. The summed E-state index contributed by atoms with van der Waals surface area (Å²) in [7, 11) is 0. The van der Waals surface area contributed by atoms with Crippen LogP contribution in [-0.4, -0.2) is 21.4 Å². The minimum atomic E-state index is -0.420. The highest BCUT2D eigenvalue weighted by atomic mass is 32.2. The molecule has 110 valence electrons. The van der Waals surface area contributed by atoms with Crippen LogP contribution in [0.3, 0.4) is 0 Å². The molecule has 0 radical (unpaired) electrons. The van der Waals surface area contributed by atoms with E-state index in [1.807, 2.05) is 30.3 Å². The van der Waals surface area contributed by atoms with Crippen molar-refractivity contribution in [2.75, 3.05) is 6.61 Å². The van der Waals surface area contributed by atoms with Crippen molar-refractivity contribution in [1.82, 2.24) is 9.55 Å². The lowest BCUT2D eigenvalue weighted by molar-refractivity contribution is 0.0549. The SMILES string of the molecule is Cc1cn(C2OCCC2Sc2ccccc2)c(=O)[nH]c1=O. The maximum atomic E-state index is 12.0. The van der Waals surface area contributed by atoms with Gasteiger partial charge in [0.2, 0.25) is 0 Å². The van der Waals surface area contributed by atoms with Crippen LogP contribution in [0.5, 0.6) is 0 Å². The molecule has 1 saturated heterocycles. The fourth-order valence-corrected chi connectivity index (χ4v) is 3.58.